The molecule has 124 valence electrons. The fourth-order valence-electron chi connectivity index (χ4n) is 1.81. The van der Waals surface area contributed by atoms with Gasteiger partial charge in [0.2, 0.25) is 11.0 Å². The van der Waals surface area contributed by atoms with Gasteiger partial charge in [-0.05, 0) is 30.5 Å². The Morgan fingerprint density at radius 2 is 2.04 bits per heavy atom. The monoisotopic (exact) mass is 393 g/mol. The van der Waals surface area contributed by atoms with Crippen LogP contribution >= 0.6 is 46.2 Å². The smallest absolute Gasteiger partial charge is 0.239 e. The van der Waals surface area contributed by atoms with E-state index in [-0.39, 0.29) is 11.2 Å². The van der Waals surface area contributed by atoms with Gasteiger partial charge in [-0.3, -0.25) is 10.1 Å². The van der Waals surface area contributed by atoms with Crippen LogP contribution in [0.1, 0.15) is 11.8 Å². The number of hydrogen-bond donors (Lipinski definition) is 1. The minimum Gasteiger partial charge on any atom is -0.300 e. The summed E-state index contributed by atoms with van der Waals surface area (Å²) in [6, 6.07) is 14.0. The number of thioether (sulfide) groups is 2. The zero-order valence-electron chi connectivity index (χ0n) is 12.8. The number of nitrogens with one attached hydrogen (secondary N) is 1. The molecule has 1 amide bonds. The third-order valence-corrected chi connectivity index (χ3v) is 7.17. The molecule has 1 N–H and O–H groups in total. The van der Waals surface area contributed by atoms with Crippen molar-refractivity contribution >= 4 is 57.2 Å². The fraction of sp³-hybridized carbons (Fsp3) is 0.188. The fourth-order valence-corrected chi connectivity index (χ4v) is 5.23. The van der Waals surface area contributed by atoms with E-state index in [0.717, 1.165) is 15.0 Å². The molecule has 8 heteroatoms. The Morgan fingerprint density at radius 3 is 2.79 bits per heavy atom. The molecular formula is C16H15N3OS4. The Labute approximate surface area is 157 Å². The molecule has 0 aliphatic heterocycles. The first kappa shape index (κ1) is 17.5. The molecule has 0 aliphatic rings. The first-order valence-corrected chi connectivity index (χ1v) is 10.8. The van der Waals surface area contributed by atoms with Gasteiger partial charge in [-0.1, -0.05) is 47.4 Å². The maximum Gasteiger partial charge on any atom is 0.239 e. The standard InChI is InChI=1S/C16H15N3OS4/c1-11(23-12-6-3-2-4-7-12)14(20)17-15-18-19-16(24-15)22-10-13-8-5-9-21-13/h2-9,11H,10H2,1H3,(H,17,18,20). The van der Waals surface area contributed by atoms with Crippen molar-refractivity contribution in [3.63, 3.8) is 0 Å². The third-order valence-electron chi connectivity index (χ3n) is 2.98. The molecule has 0 aliphatic carbocycles. The highest BCUT2D eigenvalue weighted by Gasteiger charge is 2.16. The number of anilines is 1. The number of aromatic nitrogens is 2. The molecule has 1 atom stereocenters. The van der Waals surface area contributed by atoms with Gasteiger partial charge in [0.1, 0.15) is 0 Å². The van der Waals surface area contributed by atoms with Crippen LogP contribution in [0.2, 0.25) is 0 Å². The van der Waals surface area contributed by atoms with Crippen molar-refractivity contribution < 1.29 is 4.79 Å². The molecule has 0 bridgehead atoms. The highest BCUT2D eigenvalue weighted by Crippen LogP contribution is 2.30. The molecule has 3 aromatic rings. The van der Waals surface area contributed by atoms with E-state index >= 15 is 0 Å². The Kier molecular flexibility index (Phi) is 6.30. The highest BCUT2D eigenvalue weighted by atomic mass is 32.2. The molecule has 1 unspecified atom stereocenters. The van der Waals surface area contributed by atoms with Gasteiger partial charge < -0.3 is 0 Å². The van der Waals surface area contributed by atoms with Gasteiger partial charge in [0.25, 0.3) is 0 Å². The average Bonchev–Trinajstić information content (AvgIpc) is 3.25. The molecule has 2 heterocycles. The minimum atomic E-state index is -0.196. The zero-order chi connectivity index (χ0) is 16.8. The maximum absolute atomic E-state index is 12.3. The number of thiophene rings is 1. The largest absolute Gasteiger partial charge is 0.300 e. The Hall–Kier alpha value is -1.35. The van der Waals surface area contributed by atoms with Crippen LogP contribution in [0.4, 0.5) is 5.13 Å². The summed E-state index contributed by atoms with van der Waals surface area (Å²) in [4.78, 5) is 14.6. The van der Waals surface area contributed by atoms with E-state index in [1.54, 1.807) is 23.1 Å². The zero-order valence-corrected chi connectivity index (χ0v) is 16.1. The first-order valence-electron chi connectivity index (χ1n) is 7.22. The predicted molar refractivity (Wildman–Crippen MR) is 104 cm³/mol. The average molecular weight is 394 g/mol. The molecule has 0 saturated carbocycles. The second-order valence-electron chi connectivity index (χ2n) is 4.80. The van der Waals surface area contributed by atoms with Gasteiger partial charge in [0.15, 0.2) is 4.34 Å². The van der Waals surface area contributed by atoms with E-state index in [2.05, 4.69) is 27.0 Å². The molecule has 24 heavy (non-hydrogen) atoms. The molecule has 2 aromatic heterocycles. The van der Waals surface area contributed by atoms with Gasteiger partial charge in [0.05, 0.1) is 5.25 Å². The van der Waals surface area contributed by atoms with E-state index in [1.165, 1.54) is 28.0 Å². The minimum absolute atomic E-state index is 0.0604. The van der Waals surface area contributed by atoms with Gasteiger partial charge in [0, 0.05) is 15.5 Å². The Balaban J connectivity index is 1.51. The summed E-state index contributed by atoms with van der Waals surface area (Å²) >= 11 is 6.30. The van der Waals surface area contributed by atoms with Crippen molar-refractivity contribution in [3.8, 4) is 0 Å². The summed E-state index contributed by atoms with van der Waals surface area (Å²) in [6.07, 6.45) is 0. The number of rotatable bonds is 7. The van der Waals surface area contributed by atoms with Crippen LogP contribution in [0.3, 0.4) is 0 Å². The summed E-state index contributed by atoms with van der Waals surface area (Å²) < 4.78 is 0.863. The van der Waals surface area contributed by atoms with Gasteiger partial charge in [-0.2, -0.15) is 0 Å². The second kappa shape index (κ2) is 8.66. The van der Waals surface area contributed by atoms with Crippen molar-refractivity contribution in [2.45, 2.75) is 27.2 Å². The Bertz CT molecular complexity index is 774. The Morgan fingerprint density at radius 1 is 1.21 bits per heavy atom. The lowest BCUT2D eigenvalue weighted by atomic mass is 10.4. The summed E-state index contributed by atoms with van der Waals surface area (Å²) in [7, 11) is 0. The lowest BCUT2D eigenvalue weighted by molar-refractivity contribution is -0.115. The van der Waals surface area contributed by atoms with E-state index < -0.39 is 0 Å². The molecule has 3 rings (SSSR count). The van der Waals surface area contributed by atoms with Crippen molar-refractivity contribution in [1.29, 1.82) is 0 Å². The van der Waals surface area contributed by atoms with Crippen LogP contribution < -0.4 is 5.32 Å². The lowest BCUT2D eigenvalue weighted by Crippen LogP contribution is -2.22. The van der Waals surface area contributed by atoms with Crippen LogP contribution in [-0.2, 0) is 10.5 Å². The number of carbonyl (C=O) groups is 1. The SMILES string of the molecule is CC(Sc1ccccc1)C(=O)Nc1nnc(SCc2cccs2)s1. The number of amides is 1. The molecule has 0 saturated heterocycles. The van der Waals surface area contributed by atoms with Gasteiger partial charge in [-0.25, -0.2) is 0 Å². The normalized spacial score (nSPS) is 12.0. The summed E-state index contributed by atoms with van der Waals surface area (Å²) in [5.74, 6) is 0.815. The van der Waals surface area contributed by atoms with Crippen molar-refractivity contribution in [1.82, 2.24) is 10.2 Å². The van der Waals surface area contributed by atoms with Crippen molar-refractivity contribution in [2.24, 2.45) is 0 Å². The van der Waals surface area contributed by atoms with Crippen LogP contribution in [0, 0.1) is 0 Å². The third kappa shape index (κ3) is 5.07. The quantitative estimate of drug-likeness (QED) is 0.452. The predicted octanol–water partition coefficient (Wildman–Crippen LogP) is 5.01. The van der Waals surface area contributed by atoms with Crippen LogP contribution in [-0.4, -0.2) is 21.4 Å². The van der Waals surface area contributed by atoms with Crippen molar-refractivity contribution in [2.75, 3.05) is 5.32 Å². The lowest BCUT2D eigenvalue weighted by Gasteiger charge is -2.09. The van der Waals surface area contributed by atoms with Crippen LogP contribution in [0.25, 0.3) is 0 Å². The molecule has 4 nitrogen and oxygen atoms in total. The molecular weight excluding hydrogens is 378 g/mol. The first-order chi connectivity index (χ1) is 11.7. The van der Waals surface area contributed by atoms with Crippen molar-refractivity contribution in [3.05, 3.63) is 52.7 Å². The van der Waals surface area contributed by atoms with Gasteiger partial charge >= 0.3 is 0 Å². The molecule has 1 aromatic carbocycles. The summed E-state index contributed by atoms with van der Waals surface area (Å²) in [6.45, 7) is 1.89. The topological polar surface area (TPSA) is 54.9 Å². The summed E-state index contributed by atoms with van der Waals surface area (Å²) in [5, 5.41) is 13.4. The van der Waals surface area contributed by atoms with E-state index in [9.17, 15) is 4.79 Å². The molecule has 0 spiro atoms. The molecule has 0 radical (unpaired) electrons. The number of nitrogens with zero attached hydrogens (tertiary/aromatic N) is 2. The number of hydrogen-bond acceptors (Lipinski definition) is 7. The number of carbonyl (C=O) groups excluding carboxylic acids is 1. The van der Waals surface area contributed by atoms with E-state index in [0.29, 0.717) is 5.13 Å². The van der Waals surface area contributed by atoms with Gasteiger partial charge in [-0.15, -0.1) is 33.3 Å². The van der Waals surface area contributed by atoms with Crippen LogP contribution in [0.15, 0.2) is 57.1 Å². The van der Waals surface area contributed by atoms with E-state index in [4.69, 9.17) is 0 Å². The van der Waals surface area contributed by atoms with E-state index in [1.807, 2.05) is 43.3 Å². The molecule has 0 fully saturated rings. The van der Waals surface area contributed by atoms with Crippen LogP contribution in [0.5, 0.6) is 0 Å². The highest BCUT2D eigenvalue weighted by molar-refractivity contribution is 8.00. The number of benzene rings is 1. The second-order valence-corrected chi connectivity index (χ2v) is 9.45. The summed E-state index contributed by atoms with van der Waals surface area (Å²) in [5.41, 5.74) is 0. The maximum atomic E-state index is 12.3.